The molecule has 1 heterocycles. The Morgan fingerprint density at radius 3 is 2.79 bits per heavy atom. The predicted octanol–water partition coefficient (Wildman–Crippen LogP) is 2.64. The molecule has 0 saturated carbocycles. The van der Waals surface area contributed by atoms with Gasteiger partial charge in [0.2, 0.25) is 5.91 Å². The molecule has 0 spiro atoms. The van der Waals surface area contributed by atoms with Crippen LogP contribution in [-0.4, -0.2) is 17.5 Å². The Kier molecular flexibility index (Phi) is 4.55. The maximum absolute atomic E-state index is 11.7. The van der Waals surface area contributed by atoms with Crippen LogP contribution in [0, 0.1) is 0 Å². The van der Waals surface area contributed by atoms with Crippen LogP contribution in [0.5, 0.6) is 5.75 Å². The summed E-state index contributed by atoms with van der Waals surface area (Å²) in [4.78, 5) is 15.7. The highest BCUT2D eigenvalue weighted by Crippen LogP contribution is 2.15. The molecule has 5 nitrogen and oxygen atoms in total. The first-order chi connectivity index (χ1) is 9.28. The van der Waals surface area contributed by atoms with E-state index in [0.717, 1.165) is 17.1 Å². The molecule has 0 aliphatic carbocycles. The average molecular weight is 260 g/mol. The molecule has 1 N–H and O–H groups in total. The Morgan fingerprint density at radius 1 is 1.37 bits per heavy atom. The molecule has 1 aromatic carbocycles. The van der Waals surface area contributed by atoms with Gasteiger partial charge in [-0.15, -0.1) is 0 Å². The van der Waals surface area contributed by atoms with Crippen molar-refractivity contribution in [1.82, 2.24) is 4.98 Å². The standard InChI is InChI=1S/C14H16N2O3/c1-2-19-13-6-3-11(4-7-13)16-14(17)8-5-12-9-18-10-15-12/h3-4,6-7,9-10H,2,5,8H2,1H3,(H,16,17). The van der Waals surface area contributed by atoms with Crippen LogP contribution in [0.1, 0.15) is 19.0 Å². The van der Waals surface area contributed by atoms with Crippen molar-refractivity contribution in [3.8, 4) is 5.75 Å². The van der Waals surface area contributed by atoms with Crippen LogP contribution < -0.4 is 10.1 Å². The van der Waals surface area contributed by atoms with Crippen molar-refractivity contribution in [2.75, 3.05) is 11.9 Å². The van der Waals surface area contributed by atoms with E-state index >= 15 is 0 Å². The topological polar surface area (TPSA) is 64.4 Å². The first-order valence-corrected chi connectivity index (χ1v) is 6.17. The summed E-state index contributed by atoms with van der Waals surface area (Å²) in [7, 11) is 0. The second-order valence-electron chi connectivity index (χ2n) is 3.99. The van der Waals surface area contributed by atoms with E-state index in [1.165, 1.54) is 6.39 Å². The van der Waals surface area contributed by atoms with Crippen LogP contribution >= 0.6 is 0 Å². The van der Waals surface area contributed by atoms with Crippen LogP contribution in [0.15, 0.2) is 41.3 Å². The minimum Gasteiger partial charge on any atom is -0.494 e. The highest BCUT2D eigenvalue weighted by Gasteiger charge is 2.05. The molecule has 5 heteroatoms. The number of carbonyl (C=O) groups is 1. The number of ether oxygens (including phenoxy) is 1. The van der Waals surface area contributed by atoms with E-state index in [0.29, 0.717) is 19.4 Å². The SMILES string of the molecule is CCOc1ccc(NC(=O)CCc2cocn2)cc1. The Bertz CT molecular complexity index is 506. The monoisotopic (exact) mass is 260 g/mol. The summed E-state index contributed by atoms with van der Waals surface area (Å²) in [6, 6.07) is 7.30. The van der Waals surface area contributed by atoms with E-state index in [1.807, 2.05) is 31.2 Å². The zero-order chi connectivity index (χ0) is 13.5. The number of aromatic nitrogens is 1. The van der Waals surface area contributed by atoms with Gasteiger partial charge < -0.3 is 14.5 Å². The zero-order valence-corrected chi connectivity index (χ0v) is 10.8. The van der Waals surface area contributed by atoms with Crippen molar-refractivity contribution in [2.45, 2.75) is 19.8 Å². The quantitative estimate of drug-likeness (QED) is 0.867. The van der Waals surface area contributed by atoms with Gasteiger partial charge in [0.1, 0.15) is 12.0 Å². The Balaban J connectivity index is 1.81. The lowest BCUT2D eigenvalue weighted by Crippen LogP contribution is -2.12. The van der Waals surface area contributed by atoms with Crippen LogP contribution in [0.4, 0.5) is 5.69 Å². The molecule has 19 heavy (non-hydrogen) atoms. The molecule has 1 amide bonds. The van der Waals surface area contributed by atoms with Crippen LogP contribution in [0.2, 0.25) is 0 Å². The third-order valence-electron chi connectivity index (χ3n) is 2.54. The maximum Gasteiger partial charge on any atom is 0.224 e. The first-order valence-electron chi connectivity index (χ1n) is 6.17. The van der Waals surface area contributed by atoms with Crippen LogP contribution in [-0.2, 0) is 11.2 Å². The van der Waals surface area contributed by atoms with E-state index in [2.05, 4.69) is 10.3 Å². The average Bonchev–Trinajstić information content (AvgIpc) is 2.92. The number of carbonyl (C=O) groups excluding carboxylic acids is 1. The molecule has 0 aliphatic rings. The van der Waals surface area contributed by atoms with Crippen molar-refractivity contribution >= 4 is 11.6 Å². The third kappa shape index (κ3) is 4.13. The van der Waals surface area contributed by atoms with Gasteiger partial charge in [-0.1, -0.05) is 0 Å². The summed E-state index contributed by atoms with van der Waals surface area (Å²) in [6.07, 6.45) is 3.85. The summed E-state index contributed by atoms with van der Waals surface area (Å²) < 4.78 is 10.2. The highest BCUT2D eigenvalue weighted by molar-refractivity contribution is 5.90. The van der Waals surface area contributed by atoms with Crippen molar-refractivity contribution in [3.05, 3.63) is 42.6 Å². The Morgan fingerprint density at radius 2 is 2.16 bits per heavy atom. The molecular formula is C14H16N2O3. The van der Waals surface area contributed by atoms with Crippen molar-refractivity contribution in [3.63, 3.8) is 0 Å². The predicted molar refractivity (Wildman–Crippen MR) is 71.1 cm³/mol. The van der Waals surface area contributed by atoms with E-state index in [9.17, 15) is 4.79 Å². The number of amides is 1. The van der Waals surface area contributed by atoms with Gasteiger partial charge in [-0.05, 0) is 31.2 Å². The molecule has 2 rings (SSSR count). The summed E-state index contributed by atoms with van der Waals surface area (Å²) >= 11 is 0. The van der Waals surface area contributed by atoms with Crippen molar-refractivity contribution in [1.29, 1.82) is 0 Å². The van der Waals surface area contributed by atoms with Gasteiger partial charge in [0, 0.05) is 18.5 Å². The number of anilines is 1. The van der Waals surface area contributed by atoms with E-state index in [1.54, 1.807) is 6.26 Å². The summed E-state index contributed by atoms with van der Waals surface area (Å²) in [6.45, 7) is 2.56. The lowest BCUT2D eigenvalue weighted by atomic mass is 10.2. The van der Waals surface area contributed by atoms with Crippen LogP contribution in [0.25, 0.3) is 0 Å². The fraction of sp³-hybridized carbons (Fsp3) is 0.286. The summed E-state index contributed by atoms with van der Waals surface area (Å²) in [5.41, 5.74) is 1.54. The molecule has 0 unspecified atom stereocenters. The molecule has 0 bridgehead atoms. The summed E-state index contributed by atoms with van der Waals surface area (Å²) in [5, 5.41) is 2.82. The molecule has 2 aromatic rings. The molecule has 0 saturated heterocycles. The fourth-order valence-corrected chi connectivity index (χ4v) is 1.63. The molecule has 100 valence electrons. The number of nitrogens with one attached hydrogen (secondary N) is 1. The maximum atomic E-state index is 11.7. The van der Waals surface area contributed by atoms with E-state index in [4.69, 9.17) is 9.15 Å². The fourth-order valence-electron chi connectivity index (χ4n) is 1.63. The zero-order valence-electron chi connectivity index (χ0n) is 10.8. The van der Waals surface area contributed by atoms with Gasteiger partial charge in [-0.3, -0.25) is 4.79 Å². The molecule has 0 radical (unpaired) electrons. The van der Waals surface area contributed by atoms with Gasteiger partial charge >= 0.3 is 0 Å². The Labute approximate surface area is 111 Å². The number of nitrogens with zero attached hydrogens (tertiary/aromatic N) is 1. The Hall–Kier alpha value is -2.30. The normalized spacial score (nSPS) is 10.2. The smallest absolute Gasteiger partial charge is 0.224 e. The van der Waals surface area contributed by atoms with Crippen molar-refractivity contribution < 1.29 is 13.9 Å². The van der Waals surface area contributed by atoms with E-state index < -0.39 is 0 Å². The van der Waals surface area contributed by atoms with Gasteiger partial charge in [-0.25, -0.2) is 4.98 Å². The minimum absolute atomic E-state index is 0.0489. The summed E-state index contributed by atoms with van der Waals surface area (Å²) in [5.74, 6) is 0.746. The van der Waals surface area contributed by atoms with Gasteiger partial charge in [0.05, 0.1) is 12.3 Å². The molecule has 1 aromatic heterocycles. The largest absolute Gasteiger partial charge is 0.494 e. The van der Waals surface area contributed by atoms with Gasteiger partial charge in [0.15, 0.2) is 6.39 Å². The first kappa shape index (κ1) is 13.1. The minimum atomic E-state index is -0.0489. The second kappa shape index (κ2) is 6.58. The van der Waals surface area contributed by atoms with Crippen LogP contribution in [0.3, 0.4) is 0 Å². The highest BCUT2D eigenvalue weighted by atomic mass is 16.5. The number of hydrogen-bond donors (Lipinski definition) is 1. The number of rotatable bonds is 6. The third-order valence-corrected chi connectivity index (χ3v) is 2.54. The molecule has 0 atom stereocenters. The number of benzene rings is 1. The van der Waals surface area contributed by atoms with Gasteiger partial charge in [-0.2, -0.15) is 0 Å². The molecular weight excluding hydrogens is 244 g/mol. The van der Waals surface area contributed by atoms with Gasteiger partial charge in [0.25, 0.3) is 0 Å². The molecule has 0 aliphatic heterocycles. The molecule has 0 fully saturated rings. The lowest BCUT2D eigenvalue weighted by molar-refractivity contribution is -0.116. The van der Waals surface area contributed by atoms with E-state index in [-0.39, 0.29) is 5.91 Å². The second-order valence-corrected chi connectivity index (χ2v) is 3.99. The lowest BCUT2D eigenvalue weighted by Gasteiger charge is -2.06. The number of hydrogen-bond acceptors (Lipinski definition) is 4. The van der Waals surface area contributed by atoms with Crippen molar-refractivity contribution in [2.24, 2.45) is 0 Å². The number of aryl methyl sites for hydroxylation is 1. The number of oxazole rings is 1.